The van der Waals surface area contributed by atoms with Crippen LogP contribution >= 0.6 is 0 Å². The fraction of sp³-hybridized carbons (Fsp3) is 0.500. The van der Waals surface area contributed by atoms with Crippen molar-refractivity contribution in [3.05, 3.63) is 35.0 Å². The molecule has 8 nitrogen and oxygen atoms in total. The molecule has 0 aliphatic carbocycles. The van der Waals surface area contributed by atoms with Crippen LogP contribution in [-0.2, 0) is 21.1 Å². The minimum atomic E-state index is -3.54. The second-order valence-corrected chi connectivity index (χ2v) is 8.84. The molecule has 0 spiro atoms. The molecule has 1 aromatic carbocycles. The minimum Gasteiger partial charge on any atom is -0.490 e. The van der Waals surface area contributed by atoms with Crippen molar-refractivity contribution in [2.75, 3.05) is 26.6 Å². The van der Waals surface area contributed by atoms with Crippen LogP contribution in [0.4, 0.5) is 0 Å². The Hall–Kier alpha value is -2.39. The van der Waals surface area contributed by atoms with Gasteiger partial charge in [-0.2, -0.15) is 5.10 Å². The van der Waals surface area contributed by atoms with Crippen molar-refractivity contribution in [3.8, 4) is 11.6 Å². The summed E-state index contributed by atoms with van der Waals surface area (Å²) < 4.78 is 42.4. The number of sulfone groups is 1. The highest BCUT2D eigenvalue weighted by Gasteiger charge is 2.26. The van der Waals surface area contributed by atoms with E-state index in [-0.39, 0.29) is 35.7 Å². The van der Waals surface area contributed by atoms with Crippen LogP contribution in [0, 0.1) is 6.92 Å². The van der Waals surface area contributed by atoms with Crippen LogP contribution in [0.5, 0.6) is 11.6 Å². The Balaban J connectivity index is 2.56. The fourth-order valence-corrected chi connectivity index (χ4v) is 3.72. The van der Waals surface area contributed by atoms with E-state index < -0.39 is 9.84 Å². The second kappa shape index (κ2) is 9.41. The SMILES string of the molecule is CCn1ncc(C(=O)c2ccc(S(C)(=O)=O)c(OCCOC)c2C)c1OC(C)C. The molecule has 0 saturated heterocycles. The van der Waals surface area contributed by atoms with Gasteiger partial charge in [-0.25, -0.2) is 13.1 Å². The Labute approximate surface area is 171 Å². The van der Waals surface area contributed by atoms with Gasteiger partial charge in [0.05, 0.1) is 18.9 Å². The lowest BCUT2D eigenvalue weighted by Gasteiger charge is -2.16. The Kier molecular flexibility index (Phi) is 7.43. The maximum absolute atomic E-state index is 13.3. The van der Waals surface area contributed by atoms with Crippen molar-refractivity contribution in [1.82, 2.24) is 9.78 Å². The number of hydrogen-bond donors (Lipinski definition) is 0. The number of ether oxygens (including phenoxy) is 3. The van der Waals surface area contributed by atoms with Gasteiger partial charge in [0.1, 0.15) is 22.8 Å². The molecule has 0 aliphatic rings. The molecule has 2 rings (SSSR count). The average molecular weight is 425 g/mol. The second-order valence-electron chi connectivity index (χ2n) is 6.85. The smallest absolute Gasteiger partial charge is 0.223 e. The summed E-state index contributed by atoms with van der Waals surface area (Å²) in [6, 6.07) is 2.89. The molecule has 0 N–H and O–H groups in total. The van der Waals surface area contributed by atoms with E-state index in [0.717, 1.165) is 6.26 Å². The first-order valence-electron chi connectivity index (χ1n) is 9.34. The van der Waals surface area contributed by atoms with E-state index in [4.69, 9.17) is 14.2 Å². The predicted molar refractivity (Wildman–Crippen MR) is 109 cm³/mol. The highest BCUT2D eigenvalue weighted by atomic mass is 32.2. The molecule has 0 saturated carbocycles. The predicted octanol–water partition coefficient (Wildman–Crippen LogP) is 2.66. The van der Waals surface area contributed by atoms with E-state index in [2.05, 4.69) is 5.10 Å². The van der Waals surface area contributed by atoms with Crippen LogP contribution in [0.2, 0.25) is 0 Å². The molecule has 0 radical (unpaired) electrons. The Morgan fingerprint density at radius 2 is 1.90 bits per heavy atom. The molecule has 1 heterocycles. The Bertz CT molecular complexity index is 979. The number of aromatic nitrogens is 2. The summed E-state index contributed by atoms with van der Waals surface area (Å²) in [6.07, 6.45) is 2.44. The number of benzene rings is 1. The number of aryl methyl sites for hydroxylation is 1. The van der Waals surface area contributed by atoms with Crippen LogP contribution in [0.25, 0.3) is 0 Å². The maximum Gasteiger partial charge on any atom is 0.223 e. The summed E-state index contributed by atoms with van der Waals surface area (Å²) in [5.41, 5.74) is 1.08. The van der Waals surface area contributed by atoms with Gasteiger partial charge in [-0.05, 0) is 39.8 Å². The lowest BCUT2D eigenvalue weighted by molar-refractivity contribution is 0.103. The number of nitrogens with zero attached hydrogens (tertiary/aromatic N) is 2. The Morgan fingerprint density at radius 3 is 2.45 bits per heavy atom. The summed E-state index contributed by atoms with van der Waals surface area (Å²) in [5.74, 6) is 0.236. The molecule has 2 aromatic rings. The van der Waals surface area contributed by atoms with Gasteiger partial charge in [0.2, 0.25) is 5.88 Å². The first-order valence-corrected chi connectivity index (χ1v) is 11.2. The van der Waals surface area contributed by atoms with E-state index in [1.165, 1.54) is 25.4 Å². The molecule has 29 heavy (non-hydrogen) atoms. The van der Waals surface area contributed by atoms with E-state index in [1.807, 2.05) is 20.8 Å². The van der Waals surface area contributed by atoms with Gasteiger partial charge in [0, 0.05) is 31.0 Å². The number of rotatable bonds is 10. The summed E-state index contributed by atoms with van der Waals surface area (Å²) >= 11 is 0. The number of carbonyl (C=O) groups is 1. The average Bonchev–Trinajstić information content (AvgIpc) is 3.03. The van der Waals surface area contributed by atoms with Crippen LogP contribution in [-0.4, -0.2) is 56.7 Å². The molecule has 0 bridgehead atoms. The standard InChI is InChI=1S/C20H28N2O6S/c1-7-22-20(28-13(2)3)16(12-21-22)18(23)15-8-9-17(29(6,24)25)19(14(15)4)27-11-10-26-5/h8-9,12-13H,7,10-11H2,1-6H3. The normalized spacial score (nSPS) is 11.7. The molecular formula is C20H28N2O6S. The topological polar surface area (TPSA) is 96.7 Å². The summed E-state index contributed by atoms with van der Waals surface area (Å²) in [7, 11) is -2.02. The van der Waals surface area contributed by atoms with E-state index >= 15 is 0 Å². The third kappa shape index (κ3) is 5.16. The highest BCUT2D eigenvalue weighted by Crippen LogP contribution is 2.33. The zero-order chi connectivity index (χ0) is 21.8. The van der Waals surface area contributed by atoms with Gasteiger partial charge < -0.3 is 14.2 Å². The lowest BCUT2D eigenvalue weighted by atomic mass is 10.00. The summed E-state index contributed by atoms with van der Waals surface area (Å²) in [6.45, 7) is 8.31. The molecule has 0 unspecified atom stereocenters. The monoisotopic (exact) mass is 424 g/mol. The van der Waals surface area contributed by atoms with E-state index in [9.17, 15) is 13.2 Å². The van der Waals surface area contributed by atoms with Gasteiger partial charge in [-0.15, -0.1) is 0 Å². The first kappa shape index (κ1) is 22.9. The third-order valence-corrected chi connectivity index (χ3v) is 5.35. The fourth-order valence-electron chi connectivity index (χ4n) is 2.86. The van der Waals surface area contributed by atoms with Crippen molar-refractivity contribution in [2.24, 2.45) is 0 Å². The molecule has 160 valence electrons. The summed E-state index contributed by atoms with van der Waals surface area (Å²) in [4.78, 5) is 13.3. The van der Waals surface area contributed by atoms with Crippen LogP contribution < -0.4 is 9.47 Å². The summed E-state index contributed by atoms with van der Waals surface area (Å²) in [5, 5.41) is 4.23. The number of ketones is 1. The van der Waals surface area contributed by atoms with E-state index in [0.29, 0.717) is 29.1 Å². The molecule has 0 amide bonds. The minimum absolute atomic E-state index is 0.0329. The van der Waals surface area contributed by atoms with Gasteiger partial charge in [-0.3, -0.25) is 4.79 Å². The van der Waals surface area contributed by atoms with Gasteiger partial charge in [0.25, 0.3) is 0 Å². The van der Waals surface area contributed by atoms with E-state index in [1.54, 1.807) is 11.6 Å². The molecule has 1 aromatic heterocycles. The van der Waals surface area contributed by atoms with Crippen molar-refractivity contribution in [3.63, 3.8) is 0 Å². The van der Waals surface area contributed by atoms with Crippen molar-refractivity contribution < 1.29 is 27.4 Å². The maximum atomic E-state index is 13.3. The molecule has 0 atom stereocenters. The highest BCUT2D eigenvalue weighted by molar-refractivity contribution is 7.90. The van der Waals surface area contributed by atoms with Crippen molar-refractivity contribution >= 4 is 15.6 Å². The number of methoxy groups -OCH3 is 1. The largest absolute Gasteiger partial charge is 0.490 e. The quantitative estimate of drug-likeness (QED) is 0.427. The van der Waals surface area contributed by atoms with Crippen LogP contribution in [0.1, 0.15) is 42.3 Å². The number of carbonyl (C=O) groups excluding carboxylic acids is 1. The van der Waals surface area contributed by atoms with Crippen LogP contribution in [0.15, 0.2) is 23.2 Å². The number of hydrogen-bond acceptors (Lipinski definition) is 7. The van der Waals surface area contributed by atoms with Crippen molar-refractivity contribution in [1.29, 1.82) is 0 Å². The van der Waals surface area contributed by atoms with Gasteiger partial charge >= 0.3 is 0 Å². The first-order chi connectivity index (χ1) is 13.6. The molecular weight excluding hydrogens is 396 g/mol. The zero-order valence-corrected chi connectivity index (χ0v) is 18.5. The van der Waals surface area contributed by atoms with Crippen molar-refractivity contribution in [2.45, 2.75) is 45.2 Å². The van der Waals surface area contributed by atoms with Gasteiger partial charge in [-0.1, -0.05) is 0 Å². The molecule has 0 fully saturated rings. The zero-order valence-electron chi connectivity index (χ0n) is 17.7. The van der Waals surface area contributed by atoms with Crippen LogP contribution in [0.3, 0.4) is 0 Å². The molecule has 0 aliphatic heterocycles. The lowest BCUT2D eigenvalue weighted by Crippen LogP contribution is -2.15. The third-order valence-electron chi connectivity index (χ3n) is 4.23. The van der Waals surface area contributed by atoms with Gasteiger partial charge in [0.15, 0.2) is 15.6 Å². The Morgan fingerprint density at radius 1 is 1.21 bits per heavy atom. The molecule has 9 heteroatoms.